The highest BCUT2D eigenvalue weighted by Gasteiger charge is 2.18. The van der Waals surface area contributed by atoms with Crippen LogP contribution in [0.25, 0.3) is 0 Å². The van der Waals surface area contributed by atoms with Crippen molar-refractivity contribution in [2.24, 2.45) is 5.92 Å². The molecule has 2 rings (SSSR count). The van der Waals surface area contributed by atoms with Crippen molar-refractivity contribution in [1.82, 2.24) is 5.32 Å². The maximum atomic E-state index is 3.53. The summed E-state index contributed by atoms with van der Waals surface area (Å²) in [6.45, 7) is 4.40. The van der Waals surface area contributed by atoms with Crippen LogP contribution in [0.2, 0.25) is 0 Å². The van der Waals surface area contributed by atoms with E-state index in [0.29, 0.717) is 6.04 Å². The topological polar surface area (TPSA) is 12.0 Å². The number of aryl methyl sites for hydroxylation is 2. The van der Waals surface area contributed by atoms with E-state index in [2.05, 4.69) is 56.2 Å². The average Bonchev–Trinajstić information content (AvgIpc) is 2.43. The van der Waals surface area contributed by atoms with Gasteiger partial charge in [-0.3, -0.25) is 0 Å². The summed E-state index contributed by atoms with van der Waals surface area (Å²) in [6.07, 6.45) is 5.33. The van der Waals surface area contributed by atoms with Gasteiger partial charge in [-0.2, -0.15) is 11.8 Å². The number of rotatable bonds is 5. The first-order chi connectivity index (χ1) is 9.19. The van der Waals surface area contributed by atoms with Crippen LogP contribution >= 0.6 is 11.8 Å². The first-order valence-corrected chi connectivity index (χ1v) is 8.65. The van der Waals surface area contributed by atoms with Crippen LogP contribution in [0.3, 0.4) is 0 Å². The van der Waals surface area contributed by atoms with Gasteiger partial charge in [-0.15, -0.1) is 0 Å². The molecule has 106 valence electrons. The highest BCUT2D eigenvalue weighted by molar-refractivity contribution is 7.99. The smallest absolute Gasteiger partial charge is 0.0107 e. The number of likely N-dealkylation sites (N-methyl/N-ethyl adjacent to an activating group) is 1. The third-order valence-electron chi connectivity index (χ3n) is 4.42. The van der Waals surface area contributed by atoms with Crippen LogP contribution in [0.5, 0.6) is 0 Å². The lowest BCUT2D eigenvalue weighted by Crippen LogP contribution is -2.31. The molecule has 1 N–H and O–H groups in total. The molecule has 1 aromatic rings. The van der Waals surface area contributed by atoms with Crippen molar-refractivity contribution in [3.8, 4) is 0 Å². The van der Waals surface area contributed by atoms with Crippen molar-refractivity contribution in [2.75, 3.05) is 18.6 Å². The lowest BCUT2D eigenvalue weighted by Gasteiger charge is -2.26. The van der Waals surface area contributed by atoms with Gasteiger partial charge in [0.15, 0.2) is 0 Å². The monoisotopic (exact) mass is 277 g/mol. The van der Waals surface area contributed by atoms with Gasteiger partial charge in [-0.25, -0.2) is 0 Å². The van der Waals surface area contributed by atoms with E-state index in [1.54, 1.807) is 0 Å². The molecule has 19 heavy (non-hydrogen) atoms. The molecule has 1 nitrogen and oxygen atoms in total. The molecule has 1 heterocycles. The SMILES string of the molecule is CNC(Cc1ccc(C)c(C)c1)CC1CCSCC1. The fourth-order valence-electron chi connectivity index (χ4n) is 2.90. The molecule has 2 heteroatoms. The van der Waals surface area contributed by atoms with Crippen molar-refractivity contribution in [3.63, 3.8) is 0 Å². The Morgan fingerprint density at radius 2 is 1.95 bits per heavy atom. The van der Waals surface area contributed by atoms with Gasteiger partial charge in [-0.05, 0) is 80.7 Å². The zero-order chi connectivity index (χ0) is 13.7. The summed E-state index contributed by atoms with van der Waals surface area (Å²) in [5.74, 6) is 3.67. The van der Waals surface area contributed by atoms with E-state index in [4.69, 9.17) is 0 Å². The molecular formula is C17H27NS. The second-order valence-electron chi connectivity index (χ2n) is 5.90. The molecule has 0 spiro atoms. The molecule has 0 aromatic heterocycles. The molecule has 1 saturated heterocycles. The lowest BCUT2D eigenvalue weighted by atomic mass is 9.90. The number of thioether (sulfide) groups is 1. The summed E-state index contributed by atoms with van der Waals surface area (Å²) >= 11 is 2.12. The van der Waals surface area contributed by atoms with Crippen LogP contribution in [-0.4, -0.2) is 24.6 Å². The molecule has 0 saturated carbocycles. The third-order valence-corrected chi connectivity index (χ3v) is 5.47. The zero-order valence-corrected chi connectivity index (χ0v) is 13.4. The van der Waals surface area contributed by atoms with Gasteiger partial charge in [0.25, 0.3) is 0 Å². The summed E-state index contributed by atoms with van der Waals surface area (Å²) in [6, 6.07) is 7.55. The fraction of sp³-hybridized carbons (Fsp3) is 0.647. The Hall–Kier alpha value is -0.470. The maximum Gasteiger partial charge on any atom is 0.0107 e. The van der Waals surface area contributed by atoms with Crippen molar-refractivity contribution in [2.45, 2.75) is 45.6 Å². The van der Waals surface area contributed by atoms with Crippen molar-refractivity contribution < 1.29 is 0 Å². The molecule has 1 unspecified atom stereocenters. The van der Waals surface area contributed by atoms with E-state index in [-0.39, 0.29) is 0 Å². The first-order valence-electron chi connectivity index (χ1n) is 7.50. The minimum Gasteiger partial charge on any atom is -0.317 e. The second kappa shape index (κ2) is 7.35. The van der Waals surface area contributed by atoms with Crippen molar-refractivity contribution in [1.29, 1.82) is 0 Å². The summed E-state index contributed by atoms with van der Waals surface area (Å²) < 4.78 is 0. The van der Waals surface area contributed by atoms with E-state index >= 15 is 0 Å². The summed E-state index contributed by atoms with van der Waals surface area (Å²) in [5.41, 5.74) is 4.29. The molecule has 1 aromatic carbocycles. The Morgan fingerprint density at radius 1 is 1.21 bits per heavy atom. The zero-order valence-electron chi connectivity index (χ0n) is 12.5. The Balaban J connectivity index is 1.92. The highest BCUT2D eigenvalue weighted by atomic mass is 32.2. The standard InChI is InChI=1S/C17H27NS/c1-13-4-5-16(10-14(13)2)12-17(18-3)11-15-6-8-19-9-7-15/h4-5,10,15,17-18H,6-9,11-12H2,1-3H3. The van der Waals surface area contributed by atoms with Gasteiger partial charge in [-0.1, -0.05) is 18.2 Å². The van der Waals surface area contributed by atoms with Crippen LogP contribution in [0.15, 0.2) is 18.2 Å². The van der Waals surface area contributed by atoms with Crippen LogP contribution in [0.4, 0.5) is 0 Å². The van der Waals surface area contributed by atoms with Gasteiger partial charge in [0.05, 0.1) is 0 Å². The second-order valence-corrected chi connectivity index (χ2v) is 7.12. The predicted octanol–water partition coefficient (Wildman–Crippen LogP) is 3.97. The van der Waals surface area contributed by atoms with E-state index in [0.717, 1.165) is 5.92 Å². The normalized spacial score (nSPS) is 18.5. The predicted molar refractivity (Wildman–Crippen MR) is 87.1 cm³/mol. The average molecular weight is 277 g/mol. The molecule has 0 bridgehead atoms. The fourth-order valence-corrected chi connectivity index (χ4v) is 4.11. The molecule has 1 aliphatic heterocycles. The lowest BCUT2D eigenvalue weighted by molar-refractivity contribution is 0.376. The first kappa shape index (κ1) is 14.9. The van der Waals surface area contributed by atoms with E-state index in [1.807, 2.05) is 0 Å². The van der Waals surface area contributed by atoms with Gasteiger partial charge in [0.1, 0.15) is 0 Å². The van der Waals surface area contributed by atoms with Crippen LogP contribution in [0, 0.1) is 19.8 Å². The van der Waals surface area contributed by atoms with Gasteiger partial charge in [0.2, 0.25) is 0 Å². The van der Waals surface area contributed by atoms with Gasteiger partial charge in [0, 0.05) is 6.04 Å². The number of benzene rings is 1. The quantitative estimate of drug-likeness (QED) is 0.874. The van der Waals surface area contributed by atoms with Crippen LogP contribution in [0.1, 0.15) is 36.0 Å². The maximum absolute atomic E-state index is 3.53. The minimum absolute atomic E-state index is 0.634. The third kappa shape index (κ3) is 4.54. The molecule has 1 atom stereocenters. The molecule has 1 aliphatic rings. The summed E-state index contributed by atoms with van der Waals surface area (Å²) in [4.78, 5) is 0. The van der Waals surface area contributed by atoms with Crippen molar-refractivity contribution in [3.05, 3.63) is 34.9 Å². The summed E-state index contributed by atoms with van der Waals surface area (Å²) in [5, 5.41) is 3.53. The summed E-state index contributed by atoms with van der Waals surface area (Å²) in [7, 11) is 2.11. The largest absolute Gasteiger partial charge is 0.317 e. The molecule has 1 fully saturated rings. The Labute approximate surface area is 122 Å². The van der Waals surface area contributed by atoms with Gasteiger partial charge < -0.3 is 5.32 Å². The van der Waals surface area contributed by atoms with Crippen molar-refractivity contribution >= 4 is 11.8 Å². The van der Waals surface area contributed by atoms with E-state index in [9.17, 15) is 0 Å². The Bertz CT molecular complexity index is 396. The molecule has 0 amide bonds. The molecule has 0 radical (unpaired) electrons. The number of hydrogen-bond acceptors (Lipinski definition) is 2. The van der Waals surface area contributed by atoms with E-state index in [1.165, 1.54) is 53.9 Å². The Kier molecular flexibility index (Phi) is 5.77. The minimum atomic E-state index is 0.634. The van der Waals surface area contributed by atoms with Crippen LogP contribution in [-0.2, 0) is 6.42 Å². The number of nitrogens with one attached hydrogen (secondary N) is 1. The van der Waals surface area contributed by atoms with Gasteiger partial charge >= 0.3 is 0 Å². The number of hydrogen-bond donors (Lipinski definition) is 1. The highest BCUT2D eigenvalue weighted by Crippen LogP contribution is 2.27. The van der Waals surface area contributed by atoms with Crippen LogP contribution < -0.4 is 5.32 Å². The molecule has 0 aliphatic carbocycles. The Morgan fingerprint density at radius 3 is 2.58 bits per heavy atom. The molecular weight excluding hydrogens is 250 g/mol. The van der Waals surface area contributed by atoms with E-state index < -0.39 is 0 Å².